The number of H-pyrrole nitrogens is 1. The molecule has 1 aliphatic carbocycles. The molecule has 0 aliphatic heterocycles. The van der Waals surface area contributed by atoms with Crippen molar-refractivity contribution in [2.75, 3.05) is 0 Å². The molecule has 1 amide bonds. The highest BCUT2D eigenvalue weighted by Gasteiger charge is 2.45. The van der Waals surface area contributed by atoms with Gasteiger partial charge in [-0.15, -0.1) is 11.3 Å². The first-order chi connectivity index (χ1) is 11.1. The van der Waals surface area contributed by atoms with E-state index >= 15 is 0 Å². The van der Waals surface area contributed by atoms with Crippen LogP contribution >= 0.6 is 11.3 Å². The summed E-state index contributed by atoms with van der Waals surface area (Å²) in [7, 11) is 0. The van der Waals surface area contributed by atoms with E-state index in [9.17, 15) is 4.79 Å². The van der Waals surface area contributed by atoms with E-state index in [1.165, 1.54) is 10.4 Å². The van der Waals surface area contributed by atoms with E-state index in [0.29, 0.717) is 5.92 Å². The Hall–Kier alpha value is -2.14. The molecule has 0 bridgehead atoms. The predicted molar refractivity (Wildman–Crippen MR) is 92.6 cm³/mol. The number of carbonyl (C=O) groups is 1. The van der Waals surface area contributed by atoms with E-state index in [4.69, 9.17) is 0 Å². The molecule has 0 radical (unpaired) electrons. The molecule has 1 aliphatic rings. The zero-order valence-corrected chi connectivity index (χ0v) is 14.0. The van der Waals surface area contributed by atoms with Crippen molar-refractivity contribution in [3.05, 3.63) is 52.0 Å². The molecule has 1 aromatic carbocycles. The van der Waals surface area contributed by atoms with Gasteiger partial charge in [0.05, 0.1) is 17.1 Å². The van der Waals surface area contributed by atoms with Gasteiger partial charge in [-0.05, 0) is 49.4 Å². The second-order valence-electron chi connectivity index (χ2n) is 6.29. The van der Waals surface area contributed by atoms with Crippen LogP contribution in [0.15, 0.2) is 35.7 Å². The van der Waals surface area contributed by atoms with Crippen LogP contribution in [0.3, 0.4) is 0 Å². The number of aromatic nitrogens is 2. The Balaban J connectivity index is 1.44. The van der Waals surface area contributed by atoms with Gasteiger partial charge in [-0.2, -0.15) is 0 Å². The lowest BCUT2D eigenvalue weighted by Gasteiger charge is -2.11. The molecule has 2 N–H and O–H groups in total. The molecular weight excluding hydrogens is 306 g/mol. The van der Waals surface area contributed by atoms with E-state index in [1.54, 1.807) is 11.3 Å². The van der Waals surface area contributed by atoms with Crippen LogP contribution in [0.25, 0.3) is 11.0 Å². The van der Waals surface area contributed by atoms with Gasteiger partial charge in [0.15, 0.2) is 0 Å². The van der Waals surface area contributed by atoms with Crippen molar-refractivity contribution in [3.8, 4) is 0 Å². The maximum Gasteiger partial charge on any atom is 0.224 e. The fraction of sp³-hybridized carbons (Fsp3) is 0.333. The number of carbonyl (C=O) groups excluding carboxylic acids is 1. The number of hydrogen-bond acceptors (Lipinski definition) is 3. The highest BCUT2D eigenvalue weighted by atomic mass is 32.1. The van der Waals surface area contributed by atoms with Crippen LogP contribution in [0.4, 0.5) is 0 Å². The van der Waals surface area contributed by atoms with Crippen LogP contribution in [0, 0.1) is 12.8 Å². The molecule has 3 aromatic rings. The Bertz CT molecular complexity index is 833. The first-order valence-corrected chi connectivity index (χ1v) is 8.80. The largest absolute Gasteiger partial charge is 0.346 e. The molecule has 0 spiro atoms. The van der Waals surface area contributed by atoms with Crippen molar-refractivity contribution < 1.29 is 4.79 Å². The number of imidazole rings is 1. The second kappa shape index (κ2) is 5.49. The lowest BCUT2D eigenvalue weighted by atomic mass is 10.2. The van der Waals surface area contributed by atoms with Gasteiger partial charge < -0.3 is 10.3 Å². The lowest BCUT2D eigenvalue weighted by molar-refractivity contribution is -0.123. The summed E-state index contributed by atoms with van der Waals surface area (Å²) in [5, 5.41) is 5.21. The van der Waals surface area contributed by atoms with Crippen LogP contribution in [-0.4, -0.2) is 15.9 Å². The molecule has 2 aromatic heterocycles. The van der Waals surface area contributed by atoms with Crippen molar-refractivity contribution >= 4 is 28.3 Å². The Morgan fingerprint density at radius 1 is 1.39 bits per heavy atom. The third-order valence-corrected chi connectivity index (χ3v) is 5.69. The van der Waals surface area contributed by atoms with Crippen LogP contribution < -0.4 is 5.32 Å². The fourth-order valence-electron chi connectivity index (χ4n) is 3.11. The number of aromatic amines is 1. The first kappa shape index (κ1) is 14.5. The number of fused-ring (bicyclic) bond motifs is 1. The fourth-order valence-corrected chi connectivity index (χ4v) is 4.21. The SMILES string of the molecule is Cc1ccsc1[C@H]1C[C@@H]1C(=O)N[C@@H](C)c1nc2ccccc2[nH]1. The number of rotatable bonds is 4. The van der Waals surface area contributed by atoms with Crippen LogP contribution in [0.5, 0.6) is 0 Å². The number of amides is 1. The summed E-state index contributed by atoms with van der Waals surface area (Å²) in [6, 6.07) is 9.93. The normalized spacial score (nSPS) is 21.3. The quantitative estimate of drug-likeness (QED) is 0.764. The van der Waals surface area contributed by atoms with Crippen molar-refractivity contribution in [1.82, 2.24) is 15.3 Å². The molecule has 0 unspecified atom stereocenters. The summed E-state index contributed by atoms with van der Waals surface area (Å²) in [5.41, 5.74) is 3.24. The summed E-state index contributed by atoms with van der Waals surface area (Å²) in [4.78, 5) is 21.7. The van der Waals surface area contributed by atoms with E-state index in [1.807, 2.05) is 31.2 Å². The van der Waals surface area contributed by atoms with Crippen LogP contribution in [0.1, 0.15) is 41.6 Å². The molecular formula is C18H19N3OS. The van der Waals surface area contributed by atoms with Gasteiger partial charge in [-0.25, -0.2) is 4.98 Å². The number of aryl methyl sites for hydroxylation is 1. The molecule has 2 heterocycles. The van der Waals surface area contributed by atoms with E-state index in [2.05, 4.69) is 33.7 Å². The molecule has 23 heavy (non-hydrogen) atoms. The van der Waals surface area contributed by atoms with Crippen molar-refractivity contribution in [2.24, 2.45) is 5.92 Å². The molecule has 1 saturated carbocycles. The zero-order chi connectivity index (χ0) is 16.0. The average Bonchev–Trinajstić information content (AvgIpc) is 3.01. The Labute approximate surface area is 138 Å². The van der Waals surface area contributed by atoms with Crippen molar-refractivity contribution in [2.45, 2.75) is 32.2 Å². The Morgan fingerprint density at radius 2 is 2.22 bits per heavy atom. The zero-order valence-electron chi connectivity index (χ0n) is 13.2. The molecule has 0 saturated heterocycles. The van der Waals surface area contributed by atoms with Crippen molar-refractivity contribution in [1.29, 1.82) is 0 Å². The third-order valence-electron chi connectivity index (χ3n) is 4.54. The maximum atomic E-state index is 12.5. The molecule has 118 valence electrons. The van der Waals surface area contributed by atoms with Gasteiger partial charge in [-0.3, -0.25) is 4.79 Å². The number of nitrogens with one attached hydrogen (secondary N) is 2. The van der Waals surface area contributed by atoms with Crippen LogP contribution in [-0.2, 0) is 4.79 Å². The lowest BCUT2D eigenvalue weighted by Crippen LogP contribution is -2.29. The topological polar surface area (TPSA) is 57.8 Å². The van der Waals surface area contributed by atoms with Gasteiger partial charge in [0.2, 0.25) is 5.91 Å². The minimum absolute atomic E-state index is 0.110. The summed E-state index contributed by atoms with van der Waals surface area (Å²) in [6.07, 6.45) is 0.958. The highest BCUT2D eigenvalue weighted by molar-refractivity contribution is 7.10. The van der Waals surface area contributed by atoms with E-state index in [0.717, 1.165) is 23.3 Å². The predicted octanol–water partition coefficient (Wildman–Crippen LogP) is 3.91. The highest BCUT2D eigenvalue weighted by Crippen LogP contribution is 2.50. The number of thiophene rings is 1. The number of nitrogens with zero attached hydrogens (tertiary/aromatic N) is 1. The smallest absolute Gasteiger partial charge is 0.224 e. The van der Waals surface area contributed by atoms with E-state index in [-0.39, 0.29) is 17.9 Å². The minimum Gasteiger partial charge on any atom is -0.346 e. The molecule has 3 atom stereocenters. The Kier molecular flexibility index (Phi) is 3.45. The van der Waals surface area contributed by atoms with Crippen LogP contribution in [0.2, 0.25) is 0 Å². The van der Waals surface area contributed by atoms with Gasteiger partial charge in [-0.1, -0.05) is 12.1 Å². The first-order valence-electron chi connectivity index (χ1n) is 7.92. The second-order valence-corrected chi connectivity index (χ2v) is 7.23. The Morgan fingerprint density at radius 3 is 2.96 bits per heavy atom. The number of benzene rings is 1. The monoisotopic (exact) mass is 325 g/mol. The minimum atomic E-state index is -0.111. The number of para-hydroxylation sites is 2. The molecule has 1 fully saturated rings. The van der Waals surface area contributed by atoms with Gasteiger partial charge in [0.25, 0.3) is 0 Å². The third kappa shape index (κ3) is 2.65. The summed E-state index contributed by atoms with van der Waals surface area (Å²) < 4.78 is 0. The van der Waals surface area contributed by atoms with Gasteiger partial charge in [0, 0.05) is 16.7 Å². The summed E-state index contributed by atoms with van der Waals surface area (Å²) >= 11 is 1.76. The van der Waals surface area contributed by atoms with Crippen molar-refractivity contribution in [3.63, 3.8) is 0 Å². The molecule has 4 nitrogen and oxygen atoms in total. The van der Waals surface area contributed by atoms with Gasteiger partial charge in [0.1, 0.15) is 5.82 Å². The maximum absolute atomic E-state index is 12.5. The van der Waals surface area contributed by atoms with E-state index < -0.39 is 0 Å². The average molecular weight is 325 g/mol. The molecule has 5 heteroatoms. The van der Waals surface area contributed by atoms with Gasteiger partial charge >= 0.3 is 0 Å². The molecule has 4 rings (SSSR count). The summed E-state index contributed by atoms with van der Waals surface area (Å²) in [6.45, 7) is 4.10. The standard InChI is InChI=1S/C18H19N3OS/c1-10-7-8-23-16(10)12-9-13(12)18(22)19-11(2)17-20-14-5-3-4-6-15(14)21-17/h3-8,11-13H,9H2,1-2H3,(H,19,22)(H,20,21)/t11-,12-,13-/m0/s1. The summed E-state index contributed by atoms with van der Waals surface area (Å²) in [5.74, 6) is 1.46. The number of hydrogen-bond donors (Lipinski definition) is 2.